The van der Waals surface area contributed by atoms with Gasteiger partial charge in [0.1, 0.15) is 0 Å². The van der Waals surface area contributed by atoms with Crippen LogP contribution in [0.25, 0.3) is 0 Å². The zero-order chi connectivity index (χ0) is 21.1. The van der Waals surface area contributed by atoms with E-state index in [2.05, 4.69) is 0 Å². The van der Waals surface area contributed by atoms with Crippen LogP contribution in [0.5, 0.6) is 0 Å². The quantitative estimate of drug-likeness (QED) is 0.349. The second kappa shape index (κ2) is 6.78. The molecule has 18 heteroatoms. The van der Waals surface area contributed by atoms with Crippen LogP contribution >= 0.6 is 0 Å². The van der Waals surface area contributed by atoms with Crippen LogP contribution in [-0.4, -0.2) is 41.7 Å². The molecule has 0 aliphatic carbocycles. The van der Waals surface area contributed by atoms with Gasteiger partial charge >= 0.3 is 54.6 Å². The molecule has 152 valence electrons. The first-order chi connectivity index (χ1) is 10.4. The average Bonchev–Trinajstić information content (AvgIpc) is 2.35. The summed E-state index contributed by atoms with van der Waals surface area (Å²) in [5, 5.41) is 0. The predicted molar refractivity (Wildman–Crippen MR) is 41.2 cm³/mol. The largest absolute Gasteiger partial charge is 1.00 e. The first kappa shape index (κ1) is 27.6. The molecule has 0 bridgehead atoms. The molecule has 0 unspecified atom stereocenters. The van der Waals surface area contributed by atoms with Crippen molar-refractivity contribution in [1.29, 1.82) is 0 Å². The van der Waals surface area contributed by atoms with Crippen LogP contribution in [0.2, 0.25) is 0 Å². The molecule has 0 saturated heterocycles. The number of hydrogen-bond donors (Lipinski definition) is 0. The van der Waals surface area contributed by atoms with Crippen LogP contribution in [0.15, 0.2) is 0 Å². The van der Waals surface area contributed by atoms with Crippen molar-refractivity contribution < 1.29 is 93.5 Å². The SMILES string of the molecule is F[C-](F)C(F)(F)C(F)(F)C(F)(F)C(F)(F)C(F)(F)C(F)(F)C(F)(F)F.[Li+]. The van der Waals surface area contributed by atoms with Gasteiger partial charge in [-0.2, -0.15) is 57.1 Å². The molecule has 0 aliphatic rings. The van der Waals surface area contributed by atoms with Gasteiger partial charge < -0.3 is 8.78 Å². The number of hydrogen-bond acceptors (Lipinski definition) is 0. The molecule has 26 heavy (non-hydrogen) atoms. The van der Waals surface area contributed by atoms with Gasteiger partial charge in [0.2, 0.25) is 0 Å². The van der Waals surface area contributed by atoms with Crippen LogP contribution < -0.4 is 18.9 Å². The van der Waals surface area contributed by atoms with Crippen molar-refractivity contribution in [3.63, 3.8) is 0 Å². The zero-order valence-corrected chi connectivity index (χ0v) is 11.4. The minimum absolute atomic E-state index is 0. The van der Waals surface area contributed by atoms with Gasteiger partial charge in [-0.05, 0) is 0 Å². The van der Waals surface area contributed by atoms with E-state index in [-0.39, 0.29) is 18.9 Å². The standard InChI is InChI=1S/C8F17.Li/c9-1(10)2(11,12)3(13,14)4(15,16)5(17,18)6(19,20)7(21,22)8(23,24)25;/q-1;+1. The number of alkyl halides is 15. The van der Waals surface area contributed by atoms with Crippen molar-refractivity contribution in [2.45, 2.75) is 41.7 Å². The van der Waals surface area contributed by atoms with Crippen molar-refractivity contribution in [3.05, 3.63) is 6.43 Å². The molecule has 0 aromatic carbocycles. The van der Waals surface area contributed by atoms with E-state index in [1.54, 1.807) is 0 Å². The molecule has 0 atom stereocenters. The van der Waals surface area contributed by atoms with Gasteiger partial charge in [-0.25, -0.2) is 8.78 Å². The Kier molecular flexibility index (Phi) is 7.21. The number of rotatable bonds is 6. The molecular formula is C8F17Li. The van der Waals surface area contributed by atoms with Gasteiger partial charge in [-0.1, -0.05) is 0 Å². The smallest absolute Gasteiger partial charge is 0.415 e. The van der Waals surface area contributed by atoms with Gasteiger partial charge in [0.05, 0.1) is 6.43 Å². The molecule has 0 spiro atoms. The Labute approximate surface area is 142 Å². The van der Waals surface area contributed by atoms with Crippen molar-refractivity contribution >= 4 is 0 Å². The third kappa shape index (κ3) is 3.33. The van der Waals surface area contributed by atoms with E-state index >= 15 is 0 Å². The molecular weight excluding hydrogens is 426 g/mol. The molecule has 0 amide bonds. The second-order valence-electron chi connectivity index (χ2n) is 4.20. The van der Waals surface area contributed by atoms with Crippen LogP contribution in [-0.2, 0) is 0 Å². The van der Waals surface area contributed by atoms with Crippen molar-refractivity contribution in [1.82, 2.24) is 0 Å². The van der Waals surface area contributed by atoms with Crippen LogP contribution in [0.1, 0.15) is 0 Å². The molecule has 0 nitrogen and oxygen atoms in total. The van der Waals surface area contributed by atoms with Gasteiger partial charge in [0.25, 0.3) is 5.92 Å². The van der Waals surface area contributed by atoms with E-state index in [0.717, 1.165) is 0 Å². The van der Waals surface area contributed by atoms with Gasteiger partial charge in [-0.3, -0.25) is 0 Å². The molecule has 0 N–H and O–H groups in total. The van der Waals surface area contributed by atoms with Gasteiger partial charge in [-0.15, -0.1) is 0 Å². The Morgan fingerprint density at radius 3 is 0.846 bits per heavy atom. The van der Waals surface area contributed by atoms with E-state index in [1.165, 1.54) is 0 Å². The summed E-state index contributed by atoms with van der Waals surface area (Å²) >= 11 is 0. The van der Waals surface area contributed by atoms with E-state index < -0.39 is 48.1 Å². The Hall–Kier alpha value is -0.593. The Bertz CT molecular complexity index is 487. The summed E-state index contributed by atoms with van der Waals surface area (Å²) in [4.78, 5) is 0. The molecule has 0 aliphatic heterocycles. The third-order valence-corrected chi connectivity index (χ3v) is 2.57. The minimum atomic E-state index is -8.55. The molecule has 0 heterocycles. The molecule has 0 aromatic rings. The second-order valence-corrected chi connectivity index (χ2v) is 4.20. The van der Waals surface area contributed by atoms with E-state index in [0.29, 0.717) is 0 Å². The van der Waals surface area contributed by atoms with Crippen LogP contribution in [0.4, 0.5) is 74.6 Å². The Morgan fingerprint density at radius 2 is 0.615 bits per heavy atom. The van der Waals surface area contributed by atoms with E-state index in [4.69, 9.17) is 0 Å². The maximum atomic E-state index is 12.7. The van der Waals surface area contributed by atoms with E-state index in [9.17, 15) is 74.6 Å². The summed E-state index contributed by atoms with van der Waals surface area (Å²) in [6, 6.07) is 0. The van der Waals surface area contributed by atoms with Crippen LogP contribution in [0, 0.1) is 6.43 Å². The zero-order valence-electron chi connectivity index (χ0n) is 11.4. The molecule has 0 fully saturated rings. The normalized spacial score (nSPS) is 15.9. The molecule has 0 radical (unpaired) electrons. The third-order valence-electron chi connectivity index (χ3n) is 2.57. The maximum absolute atomic E-state index is 12.7. The fourth-order valence-electron chi connectivity index (χ4n) is 1.09. The summed E-state index contributed by atoms with van der Waals surface area (Å²) in [6.07, 6.45) is -12.8. The fraction of sp³-hybridized carbons (Fsp3) is 0.875. The molecule has 0 saturated carbocycles. The predicted octanol–water partition coefficient (Wildman–Crippen LogP) is 2.79. The first-order valence-electron chi connectivity index (χ1n) is 4.96. The van der Waals surface area contributed by atoms with Gasteiger partial charge in [0, 0.05) is 0 Å². The summed E-state index contributed by atoms with van der Waals surface area (Å²) in [5.74, 6) is -49.4. The van der Waals surface area contributed by atoms with Crippen molar-refractivity contribution in [2.24, 2.45) is 0 Å². The van der Waals surface area contributed by atoms with E-state index in [1.807, 2.05) is 0 Å². The van der Waals surface area contributed by atoms with Gasteiger partial charge in [0.15, 0.2) is 0 Å². The fourth-order valence-corrected chi connectivity index (χ4v) is 1.09. The maximum Gasteiger partial charge on any atom is 1.00 e. The summed E-state index contributed by atoms with van der Waals surface area (Å²) in [7, 11) is 0. The average molecular weight is 426 g/mol. The number of halogens is 17. The monoisotopic (exact) mass is 426 g/mol. The van der Waals surface area contributed by atoms with Crippen molar-refractivity contribution in [3.8, 4) is 0 Å². The summed E-state index contributed by atoms with van der Waals surface area (Å²) in [5.41, 5.74) is 0. The van der Waals surface area contributed by atoms with Crippen molar-refractivity contribution in [2.75, 3.05) is 0 Å². The van der Waals surface area contributed by atoms with Crippen LogP contribution in [0.3, 0.4) is 0 Å². The summed E-state index contributed by atoms with van der Waals surface area (Å²) in [6.45, 7) is 0. The Balaban J connectivity index is 0. The first-order valence-corrected chi connectivity index (χ1v) is 4.96. The molecule has 0 aromatic heterocycles. The topological polar surface area (TPSA) is 0 Å². The minimum Gasteiger partial charge on any atom is -0.415 e. The molecule has 0 rings (SSSR count). The summed E-state index contributed by atoms with van der Waals surface area (Å²) < 4.78 is 209. The Morgan fingerprint density at radius 1 is 0.385 bits per heavy atom.